The molecule has 0 amide bonds. The van der Waals surface area contributed by atoms with Crippen molar-refractivity contribution in [2.45, 2.75) is 31.5 Å². The molecule has 1 heterocycles. The van der Waals surface area contributed by atoms with E-state index in [0.29, 0.717) is 6.61 Å². The van der Waals surface area contributed by atoms with Gasteiger partial charge in [0.25, 0.3) is 0 Å². The first-order valence-electron chi connectivity index (χ1n) is 3.62. The molecule has 58 valence electrons. The quantitative estimate of drug-likeness (QED) is 0.471. The first-order valence-corrected chi connectivity index (χ1v) is 3.62. The molecule has 0 spiro atoms. The minimum Gasteiger partial charge on any atom is -0.390 e. The lowest BCUT2D eigenvalue weighted by Gasteiger charge is -2.12. The van der Waals surface area contributed by atoms with Gasteiger partial charge in [-0.05, 0) is 19.8 Å². The van der Waals surface area contributed by atoms with Gasteiger partial charge in [0.15, 0.2) is 0 Å². The minimum absolute atomic E-state index is 0.233. The van der Waals surface area contributed by atoms with Crippen LogP contribution in [0.4, 0.5) is 0 Å². The van der Waals surface area contributed by atoms with E-state index < -0.39 is 0 Å². The summed E-state index contributed by atoms with van der Waals surface area (Å²) < 4.78 is 5.07. The summed E-state index contributed by atoms with van der Waals surface area (Å²) in [6.45, 7) is 6.21. The van der Waals surface area contributed by atoms with Gasteiger partial charge in [-0.1, -0.05) is 6.08 Å². The Hall–Kier alpha value is -0.340. The van der Waals surface area contributed by atoms with Crippen molar-refractivity contribution in [3.63, 3.8) is 0 Å². The van der Waals surface area contributed by atoms with E-state index in [0.717, 1.165) is 12.8 Å². The largest absolute Gasteiger partial charge is 0.390 e. The van der Waals surface area contributed by atoms with Crippen molar-refractivity contribution in [3.8, 4) is 0 Å². The van der Waals surface area contributed by atoms with Gasteiger partial charge in [0.2, 0.25) is 0 Å². The molecule has 1 fully saturated rings. The Morgan fingerprint density at radius 2 is 2.50 bits per heavy atom. The van der Waals surface area contributed by atoms with Gasteiger partial charge in [-0.3, -0.25) is 0 Å². The van der Waals surface area contributed by atoms with E-state index in [4.69, 9.17) is 4.74 Å². The number of ether oxygens (including phenoxy) is 1. The average molecular weight is 142 g/mol. The molecule has 1 rings (SSSR count). The van der Waals surface area contributed by atoms with E-state index in [1.807, 2.05) is 13.0 Å². The van der Waals surface area contributed by atoms with Crippen molar-refractivity contribution >= 4 is 0 Å². The fourth-order valence-corrected chi connectivity index (χ4v) is 0.887. The van der Waals surface area contributed by atoms with Crippen LogP contribution in [0, 0.1) is 0 Å². The smallest absolute Gasteiger partial charge is 0.115 e. The molecule has 1 aliphatic heterocycles. The SMILES string of the molecule is C=CCCC(O)C1(C)CO1. The first kappa shape index (κ1) is 7.76. The van der Waals surface area contributed by atoms with Crippen molar-refractivity contribution in [1.29, 1.82) is 0 Å². The van der Waals surface area contributed by atoms with Gasteiger partial charge in [0.1, 0.15) is 5.60 Å². The topological polar surface area (TPSA) is 32.8 Å². The van der Waals surface area contributed by atoms with Gasteiger partial charge >= 0.3 is 0 Å². The molecule has 2 nitrogen and oxygen atoms in total. The lowest BCUT2D eigenvalue weighted by Crippen LogP contribution is -2.25. The summed E-state index contributed by atoms with van der Waals surface area (Å²) in [5.41, 5.74) is -0.233. The van der Waals surface area contributed by atoms with Gasteiger partial charge in [0.05, 0.1) is 12.7 Å². The monoisotopic (exact) mass is 142 g/mol. The van der Waals surface area contributed by atoms with Crippen molar-refractivity contribution in [3.05, 3.63) is 12.7 Å². The molecule has 0 aromatic heterocycles. The molecule has 1 saturated heterocycles. The zero-order valence-electron chi connectivity index (χ0n) is 6.34. The molecular formula is C8H14O2. The fraction of sp³-hybridized carbons (Fsp3) is 0.750. The number of aliphatic hydroxyl groups is 1. The minimum atomic E-state index is -0.314. The highest BCUT2D eigenvalue weighted by atomic mass is 16.6. The van der Waals surface area contributed by atoms with E-state index in [1.165, 1.54) is 0 Å². The predicted molar refractivity (Wildman–Crippen MR) is 39.8 cm³/mol. The van der Waals surface area contributed by atoms with E-state index in [9.17, 15) is 5.11 Å². The van der Waals surface area contributed by atoms with Gasteiger partial charge in [-0.25, -0.2) is 0 Å². The molecule has 2 heteroatoms. The summed E-state index contributed by atoms with van der Waals surface area (Å²) in [6.07, 6.45) is 3.13. The summed E-state index contributed by atoms with van der Waals surface area (Å²) in [7, 11) is 0. The number of hydrogen-bond donors (Lipinski definition) is 1. The van der Waals surface area contributed by atoms with Crippen molar-refractivity contribution in [2.75, 3.05) is 6.61 Å². The van der Waals surface area contributed by atoms with Crippen LogP contribution >= 0.6 is 0 Å². The maximum Gasteiger partial charge on any atom is 0.115 e. The molecule has 1 N–H and O–H groups in total. The van der Waals surface area contributed by atoms with Crippen LogP contribution in [-0.2, 0) is 4.74 Å². The molecule has 0 radical (unpaired) electrons. The number of rotatable bonds is 4. The zero-order chi connectivity index (χ0) is 7.61. The van der Waals surface area contributed by atoms with Crippen molar-refractivity contribution in [1.82, 2.24) is 0 Å². The molecule has 0 aromatic rings. The Kier molecular flexibility index (Phi) is 2.11. The summed E-state index contributed by atoms with van der Waals surface area (Å²) in [5.74, 6) is 0. The Labute approximate surface area is 61.5 Å². The van der Waals surface area contributed by atoms with Gasteiger partial charge in [0, 0.05) is 0 Å². The molecule has 10 heavy (non-hydrogen) atoms. The lowest BCUT2D eigenvalue weighted by atomic mass is 10.0. The second-order valence-corrected chi connectivity index (χ2v) is 2.98. The number of hydrogen-bond acceptors (Lipinski definition) is 2. The number of epoxide rings is 1. The third kappa shape index (κ3) is 1.58. The molecule has 0 aliphatic carbocycles. The Balaban J connectivity index is 2.21. The number of aliphatic hydroxyl groups excluding tert-OH is 1. The maximum atomic E-state index is 9.41. The highest BCUT2D eigenvalue weighted by Crippen LogP contribution is 2.31. The molecule has 0 saturated carbocycles. The summed E-state index contributed by atoms with van der Waals surface area (Å²) in [6, 6.07) is 0. The Morgan fingerprint density at radius 1 is 1.90 bits per heavy atom. The molecular weight excluding hydrogens is 128 g/mol. The van der Waals surface area contributed by atoms with Gasteiger partial charge < -0.3 is 9.84 Å². The standard InChI is InChI=1S/C8H14O2/c1-3-4-5-7(9)8(2)6-10-8/h3,7,9H,1,4-6H2,2H3. The maximum absolute atomic E-state index is 9.41. The van der Waals surface area contributed by atoms with Crippen LogP contribution in [0.25, 0.3) is 0 Å². The van der Waals surface area contributed by atoms with Crippen LogP contribution < -0.4 is 0 Å². The highest BCUT2D eigenvalue weighted by Gasteiger charge is 2.45. The average Bonchev–Trinajstić information content (AvgIpc) is 2.64. The molecule has 2 atom stereocenters. The van der Waals surface area contributed by atoms with Crippen LogP contribution in [0.15, 0.2) is 12.7 Å². The third-order valence-corrected chi connectivity index (χ3v) is 1.95. The zero-order valence-corrected chi connectivity index (χ0v) is 6.34. The summed E-state index contributed by atoms with van der Waals surface area (Å²) in [5, 5.41) is 9.41. The molecule has 0 bridgehead atoms. The van der Waals surface area contributed by atoms with E-state index in [1.54, 1.807) is 0 Å². The third-order valence-electron chi connectivity index (χ3n) is 1.95. The predicted octanol–water partition coefficient (Wildman–Crippen LogP) is 1.10. The molecule has 0 aromatic carbocycles. The van der Waals surface area contributed by atoms with Gasteiger partial charge in [-0.15, -0.1) is 6.58 Å². The second kappa shape index (κ2) is 2.72. The number of allylic oxidation sites excluding steroid dienone is 1. The lowest BCUT2D eigenvalue weighted by molar-refractivity contribution is 0.0784. The highest BCUT2D eigenvalue weighted by molar-refractivity contribution is 4.94. The van der Waals surface area contributed by atoms with E-state index >= 15 is 0 Å². The Bertz CT molecular complexity index is 127. The van der Waals surface area contributed by atoms with Crippen LogP contribution in [0.1, 0.15) is 19.8 Å². The van der Waals surface area contributed by atoms with Crippen molar-refractivity contribution in [2.24, 2.45) is 0 Å². The van der Waals surface area contributed by atoms with Crippen LogP contribution in [0.3, 0.4) is 0 Å². The first-order chi connectivity index (χ1) is 4.69. The normalized spacial score (nSPS) is 33.4. The molecule has 1 aliphatic rings. The van der Waals surface area contributed by atoms with Gasteiger partial charge in [-0.2, -0.15) is 0 Å². The van der Waals surface area contributed by atoms with Crippen LogP contribution in [0.2, 0.25) is 0 Å². The summed E-state index contributed by atoms with van der Waals surface area (Å²) in [4.78, 5) is 0. The van der Waals surface area contributed by atoms with E-state index in [-0.39, 0.29) is 11.7 Å². The van der Waals surface area contributed by atoms with Crippen LogP contribution in [0.5, 0.6) is 0 Å². The second-order valence-electron chi connectivity index (χ2n) is 2.98. The fourth-order valence-electron chi connectivity index (χ4n) is 0.887. The molecule has 2 unspecified atom stereocenters. The van der Waals surface area contributed by atoms with Crippen molar-refractivity contribution < 1.29 is 9.84 Å². The summed E-state index contributed by atoms with van der Waals surface area (Å²) >= 11 is 0. The Morgan fingerprint density at radius 3 is 2.90 bits per heavy atom. The van der Waals surface area contributed by atoms with Crippen LogP contribution in [-0.4, -0.2) is 23.4 Å². The van der Waals surface area contributed by atoms with E-state index in [2.05, 4.69) is 6.58 Å².